The van der Waals surface area contributed by atoms with Crippen molar-refractivity contribution in [3.63, 3.8) is 0 Å². The first kappa shape index (κ1) is 8.79. The van der Waals surface area contributed by atoms with Crippen LogP contribution in [0.2, 0.25) is 0 Å². The van der Waals surface area contributed by atoms with E-state index in [0.717, 1.165) is 12.5 Å². The van der Waals surface area contributed by atoms with Gasteiger partial charge in [0, 0.05) is 6.04 Å². The van der Waals surface area contributed by atoms with Gasteiger partial charge in [-0.2, -0.15) is 0 Å². The number of rotatable bonds is 4. The first-order valence-electron chi connectivity index (χ1n) is 4.42. The zero-order chi connectivity index (χ0) is 8.48. The van der Waals surface area contributed by atoms with Crippen LogP contribution in [0.4, 0.5) is 0 Å². The molecule has 1 saturated carbocycles. The molecular weight excluding hydrogens is 134 g/mol. The van der Waals surface area contributed by atoms with Gasteiger partial charge in [0.1, 0.15) is 0 Å². The number of nitrogens with one attached hydrogen (secondary N) is 1. The van der Waals surface area contributed by atoms with E-state index in [-0.39, 0.29) is 0 Å². The maximum Gasteiger partial charge on any atom is 0.0219 e. The largest absolute Gasteiger partial charge is 0.311 e. The smallest absolute Gasteiger partial charge is 0.0219 e. The van der Waals surface area contributed by atoms with E-state index < -0.39 is 0 Å². The van der Waals surface area contributed by atoms with E-state index in [0.29, 0.717) is 11.5 Å². The van der Waals surface area contributed by atoms with Gasteiger partial charge in [0.05, 0.1) is 0 Å². The Bertz CT molecular complexity index is 149. The molecule has 1 aliphatic carbocycles. The first-order valence-corrected chi connectivity index (χ1v) is 4.42. The second-order valence-electron chi connectivity index (χ2n) is 4.32. The molecule has 1 aliphatic rings. The third-order valence-corrected chi connectivity index (χ3v) is 2.76. The Labute approximate surface area is 69.9 Å². The lowest BCUT2D eigenvalue weighted by Crippen LogP contribution is -2.26. The van der Waals surface area contributed by atoms with E-state index in [9.17, 15) is 0 Å². The fourth-order valence-corrected chi connectivity index (χ4v) is 1.34. The van der Waals surface area contributed by atoms with Crippen molar-refractivity contribution >= 4 is 0 Å². The zero-order valence-electron chi connectivity index (χ0n) is 7.85. The lowest BCUT2D eigenvalue weighted by molar-refractivity contribution is 0.506. The summed E-state index contributed by atoms with van der Waals surface area (Å²) in [5.41, 5.74) is 0.605. The fraction of sp³-hybridized carbons (Fsp3) is 0.800. The van der Waals surface area contributed by atoms with Gasteiger partial charge in [-0.05, 0) is 31.2 Å². The molecular formula is C10H19N. The van der Waals surface area contributed by atoms with Crippen LogP contribution in [0, 0.1) is 11.3 Å². The second kappa shape index (κ2) is 2.98. The molecule has 2 unspecified atom stereocenters. The second-order valence-corrected chi connectivity index (χ2v) is 4.32. The van der Waals surface area contributed by atoms with Gasteiger partial charge in [-0.15, -0.1) is 6.58 Å². The molecule has 11 heavy (non-hydrogen) atoms. The van der Waals surface area contributed by atoms with Crippen molar-refractivity contribution in [2.45, 2.75) is 33.2 Å². The van der Waals surface area contributed by atoms with Gasteiger partial charge in [-0.3, -0.25) is 0 Å². The van der Waals surface area contributed by atoms with Crippen LogP contribution in [-0.2, 0) is 0 Å². The summed E-state index contributed by atoms with van der Waals surface area (Å²) in [5, 5.41) is 3.43. The van der Waals surface area contributed by atoms with E-state index in [1.165, 1.54) is 6.42 Å². The van der Waals surface area contributed by atoms with E-state index in [1.54, 1.807) is 0 Å². The fourth-order valence-electron chi connectivity index (χ4n) is 1.34. The minimum atomic E-state index is 0.464. The van der Waals surface area contributed by atoms with E-state index in [1.807, 2.05) is 6.08 Å². The summed E-state index contributed by atoms with van der Waals surface area (Å²) in [7, 11) is 0. The predicted octanol–water partition coefficient (Wildman–Crippen LogP) is 2.20. The molecule has 0 aromatic carbocycles. The molecule has 1 fully saturated rings. The molecule has 0 aliphatic heterocycles. The topological polar surface area (TPSA) is 12.0 Å². The van der Waals surface area contributed by atoms with Crippen LogP contribution in [0.1, 0.15) is 27.2 Å². The maximum atomic E-state index is 3.73. The Morgan fingerprint density at radius 3 is 2.64 bits per heavy atom. The van der Waals surface area contributed by atoms with Gasteiger partial charge in [0.15, 0.2) is 0 Å². The summed E-state index contributed by atoms with van der Waals surface area (Å²) in [6.07, 6.45) is 3.33. The number of hydrogen-bond acceptors (Lipinski definition) is 1. The van der Waals surface area contributed by atoms with Gasteiger partial charge in [-0.1, -0.05) is 19.9 Å². The van der Waals surface area contributed by atoms with Crippen LogP contribution in [-0.4, -0.2) is 12.6 Å². The zero-order valence-corrected chi connectivity index (χ0v) is 7.85. The third-order valence-electron chi connectivity index (χ3n) is 2.76. The Hall–Kier alpha value is -0.300. The van der Waals surface area contributed by atoms with Gasteiger partial charge in [0.2, 0.25) is 0 Å². The molecule has 0 aromatic heterocycles. The molecule has 1 N–H and O–H groups in total. The maximum absolute atomic E-state index is 3.73. The van der Waals surface area contributed by atoms with Crippen LogP contribution in [0.15, 0.2) is 12.7 Å². The summed E-state index contributed by atoms with van der Waals surface area (Å²) in [6.45, 7) is 11.7. The van der Waals surface area contributed by atoms with Crippen molar-refractivity contribution in [3.8, 4) is 0 Å². The molecule has 1 heteroatoms. The standard InChI is InChI=1S/C10H19N/c1-5-8(2)11-7-9-6-10(9,3)4/h5,8-9,11H,1,6-7H2,2-4H3. The summed E-state index contributed by atoms with van der Waals surface area (Å²) >= 11 is 0. The van der Waals surface area contributed by atoms with Gasteiger partial charge < -0.3 is 5.32 Å². The highest BCUT2D eigenvalue weighted by atomic mass is 14.9. The summed E-state index contributed by atoms with van der Waals surface area (Å²) in [6, 6.07) is 0.464. The summed E-state index contributed by atoms with van der Waals surface area (Å²) in [5.74, 6) is 0.893. The normalized spacial score (nSPS) is 29.5. The molecule has 1 nitrogen and oxygen atoms in total. The van der Waals surface area contributed by atoms with E-state index in [4.69, 9.17) is 0 Å². The minimum Gasteiger partial charge on any atom is -0.311 e. The predicted molar refractivity (Wildman–Crippen MR) is 49.5 cm³/mol. The van der Waals surface area contributed by atoms with Crippen molar-refractivity contribution in [1.29, 1.82) is 0 Å². The molecule has 0 aromatic rings. The highest BCUT2D eigenvalue weighted by molar-refractivity contribution is 4.97. The van der Waals surface area contributed by atoms with E-state index in [2.05, 4.69) is 32.7 Å². The lowest BCUT2D eigenvalue weighted by atomic mass is 10.1. The SMILES string of the molecule is C=CC(C)NCC1CC1(C)C. The minimum absolute atomic E-state index is 0.464. The molecule has 0 amide bonds. The summed E-state index contributed by atoms with van der Waals surface area (Å²) in [4.78, 5) is 0. The van der Waals surface area contributed by atoms with Crippen molar-refractivity contribution < 1.29 is 0 Å². The quantitative estimate of drug-likeness (QED) is 0.610. The van der Waals surface area contributed by atoms with Crippen molar-refractivity contribution in [1.82, 2.24) is 5.32 Å². The van der Waals surface area contributed by atoms with Gasteiger partial charge in [-0.25, -0.2) is 0 Å². The Morgan fingerprint density at radius 1 is 1.73 bits per heavy atom. The lowest BCUT2D eigenvalue weighted by Gasteiger charge is -2.09. The van der Waals surface area contributed by atoms with Crippen molar-refractivity contribution in [2.75, 3.05) is 6.54 Å². The van der Waals surface area contributed by atoms with E-state index >= 15 is 0 Å². The van der Waals surface area contributed by atoms with Crippen LogP contribution in [0.25, 0.3) is 0 Å². The third kappa shape index (κ3) is 2.33. The van der Waals surface area contributed by atoms with Crippen LogP contribution in [0.5, 0.6) is 0 Å². The molecule has 1 rings (SSSR count). The van der Waals surface area contributed by atoms with Crippen LogP contribution >= 0.6 is 0 Å². The molecule has 0 bridgehead atoms. The highest BCUT2D eigenvalue weighted by Gasteiger charge is 2.44. The first-order chi connectivity index (χ1) is 5.06. The highest BCUT2D eigenvalue weighted by Crippen LogP contribution is 2.50. The van der Waals surface area contributed by atoms with Crippen molar-refractivity contribution in [2.24, 2.45) is 11.3 Å². The van der Waals surface area contributed by atoms with Crippen LogP contribution in [0.3, 0.4) is 0 Å². The number of hydrogen-bond donors (Lipinski definition) is 1. The van der Waals surface area contributed by atoms with Crippen LogP contribution < -0.4 is 5.32 Å². The molecule has 0 spiro atoms. The van der Waals surface area contributed by atoms with Gasteiger partial charge in [0.25, 0.3) is 0 Å². The Balaban J connectivity index is 2.10. The average molecular weight is 153 g/mol. The average Bonchev–Trinajstić information content (AvgIpc) is 2.54. The molecule has 0 radical (unpaired) electrons. The molecule has 0 saturated heterocycles. The summed E-state index contributed by atoms with van der Waals surface area (Å²) < 4.78 is 0. The molecule has 64 valence electrons. The molecule has 0 heterocycles. The van der Waals surface area contributed by atoms with Gasteiger partial charge >= 0.3 is 0 Å². The van der Waals surface area contributed by atoms with Crippen molar-refractivity contribution in [3.05, 3.63) is 12.7 Å². The Kier molecular flexibility index (Phi) is 2.38. The monoisotopic (exact) mass is 153 g/mol. The molecule has 2 atom stereocenters. The Morgan fingerprint density at radius 2 is 2.27 bits per heavy atom.